The lowest BCUT2D eigenvalue weighted by Crippen LogP contribution is -2.13. The molecule has 0 amide bonds. The molecule has 2 heteroatoms. The van der Waals surface area contributed by atoms with Crippen LogP contribution in [-0.2, 0) is 0 Å². The van der Waals surface area contributed by atoms with E-state index in [1.165, 1.54) is 49.0 Å². The minimum absolute atomic E-state index is 0.856. The first-order valence-electron chi connectivity index (χ1n) is 21.3. The molecule has 0 N–H and O–H groups in total. The minimum Gasteiger partial charge on any atom is -0.455 e. The lowest BCUT2D eigenvalue weighted by molar-refractivity contribution is 0.670. The third-order valence-corrected chi connectivity index (χ3v) is 12.4. The molecule has 0 unspecified atom stereocenters. The molecular formula is C60H39NO. The maximum absolute atomic E-state index is 6.99. The predicted octanol–water partition coefficient (Wildman–Crippen LogP) is 17.2. The van der Waals surface area contributed by atoms with Crippen molar-refractivity contribution >= 4 is 71.3 Å². The first-order chi connectivity index (χ1) is 30.8. The van der Waals surface area contributed by atoms with Crippen LogP contribution in [0.1, 0.15) is 0 Å². The molecular weight excluding hydrogens is 751 g/mol. The maximum Gasteiger partial charge on any atom is 0.145 e. The van der Waals surface area contributed by atoms with Crippen LogP contribution in [-0.4, -0.2) is 0 Å². The molecule has 0 saturated carbocycles. The Morgan fingerprint density at radius 3 is 1.71 bits per heavy atom. The van der Waals surface area contributed by atoms with Gasteiger partial charge in [-0.15, -0.1) is 0 Å². The number of nitrogens with zero attached hydrogens (tertiary/aromatic N) is 1. The number of hydrogen-bond acceptors (Lipinski definition) is 2. The third-order valence-electron chi connectivity index (χ3n) is 12.4. The van der Waals surface area contributed by atoms with Crippen molar-refractivity contribution in [3.63, 3.8) is 0 Å². The van der Waals surface area contributed by atoms with Crippen molar-refractivity contribution in [3.8, 4) is 44.5 Å². The molecule has 0 aliphatic heterocycles. The third kappa shape index (κ3) is 5.96. The Labute approximate surface area is 360 Å². The summed E-state index contributed by atoms with van der Waals surface area (Å²) in [5.74, 6) is 0. The SMILES string of the molecule is c1ccc(-c2cccc(-c3ccccc3N(c3ccccc3-c3cc4ccccc4c4ccccc34)c3ccc(-c4ccc5ccccc5c4)c4oc5ccccc5c34)c2)cc1. The first kappa shape index (κ1) is 35.7. The number of fused-ring (bicyclic) bond motifs is 7. The average Bonchev–Trinajstić information content (AvgIpc) is 3.74. The standard InChI is InChI=1S/C60H39NO/c1-2-17-40(18-3-1)43-22-16-23-44(37-43)48-25-10-13-30-55(48)61(56-31-14-11-28-52(56)54-39-45-21-6-7-24-47(45)50-26-8-9-27-51(50)54)57-36-35-49(46-34-33-41-19-4-5-20-42(41)38-46)60-59(57)53-29-12-15-32-58(53)62-60/h1-39H. The Hall–Kier alpha value is -8.20. The molecule has 0 bridgehead atoms. The molecule has 0 radical (unpaired) electrons. The topological polar surface area (TPSA) is 16.4 Å². The summed E-state index contributed by atoms with van der Waals surface area (Å²) in [7, 11) is 0. The highest BCUT2D eigenvalue weighted by Gasteiger charge is 2.26. The van der Waals surface area contributed by atoms with E-state index in [-0.39, 0.29) is 0 Å². The highest BCUT2D eigenvalue weighted by atomic mass is 16.3. The van der Waals surface area contributed by atoms with E-state index in [4.69, 9.17) is 4.42 Å². The highest BCUT2D eigenvalue weighted by molar-refractivity contribution is 6.19. The molecule has 290 valence electrons. The van der Waals surface area contributed by atoms with Gasteiger partial charge in [-0.2, -0.15) is 0 Å². The summed E-state index contributed by atoms with van der Waals surface area (Å²) in [4.78, 5) is 2.48. The molecule has 0 aliphatic rings. The summed E-state index contributed by atoms with van der Waals surface area (Å²) in [6, 6.07) is 85.5. The lowest BCUT2D eigenvalue weighted by Gasteiger charge is -2.31. The summed E-state index contributed by atoms with van der Waals surface area (Å²) < 4.78 is 6.99. The molecule has 1 aromatic heterocycles. The smallest absolute Gasteiger partial charge is 0.145 e. The van der Waals surface area contributed by atoms with Gasteiger partial charge in [0.05, 0.1) is 22.4 Å². The van der Waals surface area contributed by atoms with Gasteiger partial charge in [0, 0.05) is 22.1 Å². The number of hydrogen-bond donors (Lipinski definition) is 0. The van der Waals surface area contributed by atoms with Gasteiger partial charge in [-0.25, -0.2) is 0 Å². The fourth-order valence-corrected chi connectivity index (χ4v) is 9.55. The van der Waals surface area contributed by atoms with E-state index in [1.54, 1.807) is 0 Å². The van der Waals surface area contributed by atoms with Crippen molar-refractivity contribution in [2.75, 3.05) is 4.90 Å². The number of rotatable bonds is 7. The number of para-hydroxylation sites is 3. The van der Waals surface area contributed by atoms with Gasteiger partial charge in [0.15, 0.2) is 0 Å². The number of anilines is 3. The van der Waals surface area contributed by atoms with Crippen molar-refractivity contribution in [1.82, 2.24) is 0 Å². The fourth-order valence-electron chi connectivity index (χ4n) is 9.55. The zero-order valence-electron chi connectivity index (χ0n) is 33.9. The van der Waals surface area contributed by atoms with Crippen molar-refractivity contribution in [3.05, 3.63) is 237 Å². The Kier molecular flexibility index (Phi) is 8.53. The van der Waals surface area contributed by atoms with Crippen LogP contribution in [0, 0.1) is 0 Å². The van der Waals surface area contributed by atoms with E-state index in [0.717, 1.165) is 66.8 Å². The molecule has 0 saturated heterocycles. The van der Waals surface area contributed by atoms with Crippen LogP contribution in [0.2, 0.25) is 0 Å². The monoisotopic (exact) mass is 789 g/mol. The summed E-state index contributed by atoms with van der Waals surface area (Å²) in [5.41, 5.74) is 14.0. The van der Waals surface area contributed by atoms with Gasteiger partial charge in [-0.05, 0) is 109 Å². The van der Waals surface area contributed by atoms with Crippen LogP contribution in [0.4, 0.5) is 17.1 Å². The largest absolute Gasteiger partial charge is 0.455 e. The molecule has 0 fully saturated rings. The van der Waals surface area contributed by atoms with Crippen molar-refractivity contribution < 1.29 is 4.42 Å². The quantitative estimate of drug-likeness (QED) is 0.150. The zero-order valence-corrected chi connectivity index (χ0v) is 33.9. The zero-order chi connectivity index (χ0) is 41.0. The van der Waals surface area contributed by atoms with E-state index in [0.29, 0.717) is 0 Å². The molecule has 0 spiro atoms. The molecule has 12 aromatic rings. The first-order valence-corrected chi connectivity index (χ1v) is 21.3. The molecule has 62 heavy (non-hydrogen) atoms. The van der Waals surface area contributed by atoms with Crippen LogP contribution in [0.5, 0.6) is 0 Å². The van der Waals surface area contributed by atoms with E-state index in [2.05, 4.69) is 241 Å². The van der Waals surface area contributed by atoms with Gasteiger partial charge >= 0.3 is 0 Å². The van der Waals surface area contributed by atoms with E-state index >= 15 is 0 Å². The fraction of sp³-hybridized carbons (Fsp3) is 0. The summed E-state index contributed by atoms with van der Waals surface area (Å²) in [6.07, 6.45) is 0. The van der Waals surface area contributed by atoms with E-state index in [1.807, 2.05) is 0 Å². The van der Waals surface area contributed by atoms with Crippen molar-refractivity contribution in [2.45, 2.75) is 0 Å². The van der Waals surface area contributed by atoms with E-state index < -0.39 is 0 Å². The van der Waals surface area contributed by atoms with Gasteiger partial charge in [-0.1, -0.05) is 188 Å². The summed E-state index contributed by atoms with van der Waals surface area (Å²) >= 11 is 0. The van der Waals surface area contributed by atoms with Gasteiger partial charge in [0.1, 0.15) is 11.2 Å². The van der Waals surface area contributed by atoms with Gasteiger partial charge in [-0.3, -0.25) is 0 Å². The second kappa shape index (κ2) is 14.8. The Bertz CT molecular complexity index is 3650. The van der Waals surface area contributed by atoms with Crippen LogP contribution >= 0.6 is 0 Å². The summed E-state index contributed by atoms with van der Waals surface area (Å²) in [5, 5.41) is 9.47. The molecule has 1 heterocycles. The molecule has 0 atom stereocenters. The Balaban J connectivity index is 1.17. The van der Waals surface area contributed by atoms with Crippen molar-refractivity contribution in [1.29, 1.82) is 0 Å². The second-order valence-electron chi connectivity index (χ2n) is 16.0. The second-order valence-corrected chi connectivity index (χ2v) is 16.0. The lowest BCUT2D eigenvalue weighted by atomic mass is 9.91. The van der Waals surface area contributed by atoms with Gasteiger partial charge in [0.2, 0.25) is 0 Å². The molecule has 0 aliphatic carbocycles. The van der Waals surface area contributed by atoms with Crippen molar-refractivity contribution in [2.24, 2.45) is 0 Å². The Morgan fingerprint density at radius 1 is 0.274 bits per heavy atom. The number of benzene rings is 11. The molecule has 12 rings (SSSR count). The minimum atomic E-state index is 0.856. The van der Waals surface area contributed by atoms with Crippen LogP contribution in [0.25, 0.3) is 98.8 Å². The van der Waals surface area contributed by atoms with E-state index in [9.17, 15) is 0 Å². The average molecular weight is 790 g/mol. The maximum atomic E-state index is 6.99. The van der Waals surface area contributed by atoms with Crippen LogP contribution in [0.3, 0.4) is 0 Å². The Morgan fingerprint density at radius 2 is 0.871 bits per heavy atom. The van der Waals surface area contributed by atoms with Crippen LogP contribution in [0.15, 0.2) is 241 Å². The van der Waals surface area contributed by atoms with Gasteiger partial charge < -0.3 is 9.32 Å². The van der Waals surface area contributed by atoms with Gasteiger partial charge in [0.25, 0.3) is 0 Å². The van der Waals surface area contributed by atoms with Crippen LogP contribution < -0.4 is 4.90 Å². The predicted molar refractivity (Wildman–Crippen MR) is 263 cm³/mol. The summed E-state index contributed by atoms with van der Waals surface area (Å²) in [6.45, 7) is 0. The normalized spacial score (nSPS) is 11.5. The number of furan rings is 1. The molecule has 2 nitrogen and oxygen atoms in total. The molecule has 11 aromatic carbocycles. The highest BCUT2D eigenvalue weighted by Crippen LogP contribution is 2.51.